The van der Waals surface area contributed by atoms with Crippen LogP contribution in [0.1, 0.15) is 18.0 Å². The van der Waals surface area contributed by atoms with Gasteiger partial charge in [-0.2, -0.15) is 18.3 Å². The summed E-state index contributed by atoms with van der Waals surface area (Å²) in [6.07, 6.45) is -3.69. The standard InChI is InChI=1S/C15H13F4N3O/c16-11-4-2-1-3-10(11)9-14(23)21-8-6-12(15(17,18)19)22-13(21)5-7-20-22/h1-5,7,12H,6,8-9H2. The third-order valence-corrected chi connectivity index (χ3v) is 3.83. The second kappa shape index (κ2) is 5.68. The molecule has 1 unspecified atom stereocenters. The number of rotatable bonds is 2. The average molecular weight is 327 g/mol. The summed E-state index contributed by atoms with van der Waals surface area (Å²) in [4.78, 5) is 13.6. The molecule has 0 saturated heterocycles. The van der Waals surface area contributed by atoms with Crippen molar-refractivity contribution >= 4 is 11.7 Å². The number of anilines is 1. The number of benzene rings is 1. The average Bonchev–Trinajstić information content (AvgIpc) is 2.96. The fourth-order valence-electron chi connectivity index (χ4n) is 2.70. The molecule has 1 aromatic carbocycles. The predicted molar refractivity (Wildman–Crippen MR) is 74.4 cm³/mol. The number of hydrogen-bond acceptors (Lipinski definition) is 2. The fourth-order valence-corrected chi connectivity index (χ4v) is 2.70. The molecule has 4 nitrogen and oxygen atoms in total. The summed E-state index contributed by atoms with van der Waals surface area (Å²) in [5, 5.41) is 3.69. The normalized spacial score (nSPS) is 17.9. The van der Waals surface area contributed by atoms with Crippen molar-refractivity contribution in [3.8, 4) is 0 Å². The molecular formula is C15H13F4N3O. The van der Waals surface area contributed by atoms with Crippen LogP contribution in [0.2, 0.25) is 0 Å². The second-order valence-corrected chi connectivity index (χ2v) is 5.29. The lowest BCUT2D eigenvalue weighted by atomic mass is 10.1. The summed E-state index contributed by atoms with van der Waals surface area (Å²) < 4.78 is 53.5. The molecule has 8 heteroatoms. The van der Waals surface area contributed by atoms with Crippen LogP contribution in [0.4, 0.5) is 23.4 Å². The topological polar surface area (TPSA) is 38.1 Å². The zero-order valence-corrected chi connectivity index (χ0v) is 11.9. The fraction of sp³-hybridized carbons (Fsp3) is 0.333. The van der Waals surface area contributed by atoms with Gasteiger partial charge in [-0.15, -0.1) is 0 Å². The molecule has 0 radical (unpaired) electrons. The van der Waals surface area contributed by atoms with Gasteiger partial charge in [0.15, 0.2) is 6.04 Å². The van der Waals surface area contributed by atoms with Crippen molar-refractivity contribution in [3.63, 3.8) is 0 Å². The van der Waals surface area contributed by atoms with Gasteiger partial charge >= 0.3 is 6.18 Å². The van der Waals surface area contributed by atoms with Crippen LogP contribution < -0.4 is 4.90 Å². The smallest absolute Gasteiger partial charge is 0.297 e. The molecule has 3 rings (SSSR count). The van der Waals surface area contributed by atoms with Gasteiger partial charge in [0.2, 0.25) is 5.91 Å². The number of halogens is 4. The molecule has 0 aliphatic carbocycles. The van der Waals surface area contributed by atoms with Crippen molar-refractivity contribution in [2.45, 2.75) is 25.1 Å². The lowest BCUT2D eigenvalue weighted by Crippen LogP contribution is -2.43. The van der Waals surface area contributed by atoms with Crippen LogP contribution in [0.25, 0.3) is 0 Å². The Labute approximate surface area is 129 Å². The quantitative estimate of drug-likeness (QED) is 0.795. The Morgan fingerprint density at radius 2 is 2.00 bits per heavy atom. The molecule has 0 bridgehead atoms. The van der Waals surface area contributed by atoms with Crippen molar-refractivity contribution in [1.29, 1.82) is 0 Å². The van der Waals surface area contributed by atoms with Gasteiger partial charge in [0.05, 0.1) is 12.6 Å². The van der Waals surface area contributed by atoms with E-state index in [2.05, 4.69) is 5.10 Å². The van der Waals surface area contributed by atoms with E-state index in [1.54, 1.807) is 6.07 Å². The van der Waals surface area contributed by atoms with E-state index in [0.717, 1.165) is 4.68 Å². The Balaban J connectivity index is 1.84. The molecule has 1 aliphatic rings. The van der Waals surface area contributed by atoms with Crippen LogP contribution in [0.3, 0.4) is 0 Å². The minimum absolute atomic E-state index is 0.0802. The number of fused-ring (bicyclic) bond motifs is 1. The maximum Gasteiger partial charge on any atom is 0.410 e. The second-order valence-electron chi connectivity index (χ2n) is 5.29. The first-order valence-corrected chi connectivity index (χ1v) is 7.02. The van der Waals surface area contributed by atoms with Crippen LogP contribution in [-0.2, 0) is 11.2 Å². The summed E-state index contributed by atoms with van der Waals surface area (Å²) in [5.74, 6) is -0.892. The first kappa shape index (κ1) is 15.5. The number of carbonyl (C=O) groups excluding carboxylic acids is 1. The number of nitrogens with zero attached hydrogens (tertiary/aromatic N) is 3. The first-order valence-electron chi connectivity index (χ1n) is 7.02. The summed E-state index contributed by atoms with van der Waals surface area (Å²) in [7, 11) is 0. The summed E-state index contributed by atoms with van der Waals surface area (Å²) in [6, 6.07) is 5.44. The van der Waals surface area contributed by atoms with Crippen LogP contribution in [0, 0.1) is 5.82 Å². The van der Waals surface area contributed by atoms with E-state index in [4.69, 9.17) is 0 Å². The van der Waals surface area contributed by atoms with Gasteiger partial charge in [0, 0.05) is 12.6 Å². The minimum Gasteiger partial charge on any atom is -0.297 e. The number of amides is 1. The molecule has 0 saturated carbocycles. The maximum absolute atomic E-state index is 13.6. The highest BCUT2D eigenvalue weighted by molar-refractivity contribution is 5.94. The molecule has 1 aromatic heterocycles. The molecule has 1 aliphatic heterocycles. The number of alkyl halides is 3. The van der Waals surface area contributed by atoms with Crippen molar-refractivity contribution in [2.24, 2.45) is 0 Å². The van der Waals surface area contributed by atoms with Crippen LogP contribution in [-0.4, -0.2) is 28.4 Å². The third-order valence-electron chi connectivity index (χ3n) is 3.83. The molecule has 1 atom stereocenters. The number of hydrogen-bond donors (Lipinski definition) is 0. The molecule has 0 fully saturated rings. The van der Waals surface area contributed by atoms with Crippen LogP contribution in [0.15, 0.2) is 36.5 Å². The van der Waals surface area contributed by atoms with E-state index in [1.165, 1.54) is 35.4 Å². The highest BCUT2D eigenvalue weighted by Crippen LogP contribution is 2.39. The Morgan fingerprint density at radius 1 is 1.26 bits per heavy atom. The van der Waals surface area contributed by atoms with Gasteiger partial charge in [0.1, 0.15) is 11.6 Å². The highest BCUT2D eigenvalue weighted by atomic mass is 19.4. The van der Waals surface area contributed by atoms with E-state index in [-0.39, 0.29) is 30.8 Å². The van der Waals surface area contributed by atoms with E-state index >= 15 is 0 Å². The van der Waals surface area contributed by atoms with Gasteiger partial charge in [-0.1, -0.05) is 18.2 Å². The molecular weight excluding hydrogens is 314 g/mol. The minimum atomic E-state index is -4.43. The highest BCUT2D eigenvalue weighted by Gasteiger charge is 2.45. The Kier molecular flexibility index (Phi) is 3.83. The Bertz CT molecular complexity index is 726. The maximum atomic E-state index is 13.6. The Hall–Kier alpha value is -2.38. The van der Waals surface area contributed by atoms with Crippen molar-refractivity contribution in [2.75, 3.05) is 11.4 Å². The van der Waals surface area contributed by atoms with Crippen molar-refractivity contribution < 1.29 is 22.4 Å². The zero-order chi connectivity index (χ0) is 16.6. The molecule has 2 aromatic rings. The van der Waals surface area contributed by atoms with E-state index in [1.807, 2.05) is 0 Å². The van der Waals surface area contributed by atoms with Gasteiger partial charge in [-0.3, -0.25) is 9.69 Å². The molecule has 0 N–H and O–H groups in total. The number of carbonyl (C=O) groups is 1. The summed E-state index contributed by atoms with van der Waals surface area (Å²) in [6.45, 7) is -0.0802. The van der Waals surface area contributed by atoms with Gasteiger partial charge in [0.25, 0.3) is 0 Å². The van der Waals surface area contributed by atoms with Gasteiger partial charge < -0.3 is 0 Å². The van der Waals surface area contributed by atoms with E-state index in [0.29, 0.717) is 0 Å². The van der Waals surface area contributed by atoms with Gasteiger partial charge in [-0.25, -0.2) is 9.07 Å². The zero-order valence-electron chi connectivity index (χ0n) is 11.9. The monoisotopic (exact) mass is 327 g/mol. The summed E-state index contributed by atoms with van der Waals surface area (Å²) in [5.41, 5.74) is 0.210. The summed E-state index contributed by atoms with van der Waals surface area (Å²) >= 11 is 0. The molecule has 122 valence electrons. The molecule has 23 heavy (non-hydrogen) atoms. The predicted octanol–water partition coefficient (Wildman–Crippen LogP) is 3.11. The largest absolute Gasteiger partial charge is 0.410 e. The first-order chi connectivity index (χ1) is 10.9. The lowest BCUT2D eigenvalue weighted by Gasteiger charge is -2.33. The van der Waals surface area contributed by atoms with Crippen LogP contribution in [0.5, 0.6) is 0 Å². The molecule has 0 spiro atoms. The van der Waals surface area contributed by atoms with Gasteiger partial charge in [-0.05, 0) is 18.1 Å². The SMILES string of the molecule is O=C(Cc1ccccc1F)N1CCC(C(F)(F)F)n2nccc21. The Morgan fingerprint density at radius 3 is 2.70 bits per heavy atom. The molecule has 1 amide bonds. The van der Waals surface area contributed by atoms with Crippen molar-refractivity contribution in [3.05, 3.63) is 47.9 Å². The van der Waals surface area contributed by atoms with Crippen LogP contribution >= 0.6 is 0 Å². The number of aromatic nitrogens is 2. The van der Waals surface area contributed by atoms with Crippen molar-refractivity contribution in [1.82, 2.24) is 9.78 Å². The van der Waals surface area contributed by atoms with E-state index < -0.39 is 23.9 Å². The van der Waals surface area contributed by atoms with E-state index in [9.17, 15) is 22.4 Å². The lowest BCUT2D eigenvalue weighted by molar-refractivity contribution is -0.172. The molecule has 2 heterocycles. The third kappa shape index (κ3) is 2.93.